The van der Waals surface area contributed by atoms with Crippen LogP contribution in [0.2, 0.25) is 0 Å². The molecule has 2 aromatic heterocycles. The molecular formula is C12H16BrN3S. The molecule has 0 aliphatic rings. The molecule has 5 heteroatoms. The third-order valence-electron chi connectivity index (χ3n) is 2.58. The molecule has 0 aromatic carbocycles. The second kappa shape index (κ2) is 5.80. The van der Waals surface area contributed by atoms with Crippen LogP contribution in [0.5, 0.6) is 0 Å². The molecule has 1 unspecified atom stereocenters. The Hall–Kier alpha value is -0.650. The number of thiophene rings is 1. The van der Waals surface area contributed by atoms with Crippen LogP contribution in [0.4, 0.5) is 0 Å². The Bertz CT molecular complexity index is 478. The van der Waals surface area contributed by atoms with Gasteiger partial charge >= 0.3 is 0 Å². The van der Waals surface area contributed by atoms with Gasteiger partial charge in [-0.1, -0.05) is 6.92 Å². The van der Waals surface area contributed by atoms with Gasteiger partial charge in [-0.15, -0.1) is 0 Å². The SMILES string of the molecule is CCCNC(c1ccn(C)n1)c1cscc1Br. The van der Waals surface area contributed by atoms with Gasteiger partial charge in [0.2, 0.25) is 0 Å². The molecule has 92 valence electrons. The molecule has 0 aliphatic heterocycles. The first-order valence-electron chi connectivity index (χ1n) is 5.67. The lowest BCUT2D eigenvalue weighted by molar-refractivity contribution is 0.575. The summed E-state index contributed by atoms with van der Waals surface area (Å²) in [6.07, 6.45) is 3.10. The van der Waals surface area contributed by atoms with E-state index in [1.807, 2.05) is 17.9 Å². The molecule has 0 saturated carbocycles. The maximum atomic E-state index is 4.50. The number of hydrogen-bond acceptors (Lipinski definition) is 3. The molecule has 3 nitrogen and oxygen atoms in total. The van der Waals surface area contributed by atoms with Crippen LogP contribution in [0.15, 0.2) is 27.5 Å². The number of rotatable bonds is 5. The molecule has 0 aliphatic carbocycles. The molecule has 0 radical (unpaired) electrons. The summed E-state index contributed by atoms with van der Waals surface area (Å²) in [4.78, 5) is 0. The van der Waals surface area contributed by atoms with Gasteiger partial charge in [0.25, 0.3) is 0 Å². The highest BCUT2D eigenvalue weighted by Gasteiger charge is 2.18. The number of hydrogen-bond donors (Lipinski definition) is 1. The molecule has 1 atom stereocenters. The van der Waals surface area contributed by atoms with Crippen molar-refractivity contribution in [1.82, 2.24) is 15.1 Å². The quantitative estimate of drug-likeness (QED) is 0.917. The van der Waals surface area contributed by atoms with Gasteiger partial charge in [0.1, 0.15) is 0 Å². The Balaban J connectivity index is 2.28. The van der Waals surface area contributed by atoms with E-state index in [4.69, 9.17) is 0 Å². The predicted molar refractivity (Wildman–Crippen MR) is 75.4 cm³/mol. The Morgan fingerprint density at radius 1 is 1.53 bits per heavy atom. The molecule has 2 rings (SSSR count). The third kappa shape index (κ3) is 2.97. The van der Waals surface area contributed by atoms with Crippen LogP contribution >= 0.6 is 27.3 Å². The Morgan fingerprint density at radius 2 is 2.35 bits per heavy atom. The van der Waals surface area contributed by atoms with Crippen LogP contribution in [0.1, 0.15) is 30.6 Å². The lowest BCUT2D eigenvalue weighted by Gasteiger charge is -2.16. The van der Waals surface area contributed by atoms with Crippen molar-refractivity contribution in [3.63, 3.8) is 0 Å². The maximum Gasteiger partial charge on any atom is 0.0840 e. The smallest absolute Gasteiger partial charge is 0.0840 e. The van der Waals surface area contributed by atoms with E-state index in [0.29, 0.717) is 0 Å². The van der Waals surface area contributed by atoms with E-state index < -0.39 is 0 Å². The van der Waals surface area contributed by atoms with Crippen LogP contribution < -0.4 is 5.32 Å². The summed E-state index contributed by atoms with van der Waals surface area (Å²) in [7, 11) is 1.95. The molecule has 17 heavy (non-hydrogen) atoms. The zero-order valence-corrected chi connectivity index (χ0v) is 12.4. The molecule has 0 spiro atoms. The molecule has 0 saturated heterocycles. The molecule has 0 bridgehead atoms. The third-order valence-corrected chi connectivity index (χ3v) is 4.33. The first-order valence-corrected chi connectivity index (χ1v) is 7.40. The van der Waals surface area contributed by atoms with Gasteiger partial charge in [0.05, 0.1) is 11.7 Å². The summed E-state index contributed by atoms with van der Waals surface area (Å²) in [5, 5.41) is 12.3. The van der Waals surface area contributed by atoms with Crippen molar-refractivity contribution in [2.45, 2.75) is 19.4 Å². The zero-order chi connectivity index (χ0) is 12.3. The minimum atomic E-state index is 0.178. The molecule has 0 fully saturated rings. The monoisotopic (exact) mass is 313 g/mol. The van der Waals surface area contributed by atoms with Crippen LogP contribution in [-0.2, 0) is 7.05 Å². The normalized spacial score (nSPS) is 12.9. The fourth-order valence-electron chi connectivity index (χ4n) is 1.75. The van der Waals surface area contributed by atoms with E-state index >= 15 is 0 Å². The number of nitrogens with one attached hydrogen (secondary N) is 1. The van der Waals surface area contributed by atoms with Gasteiger partial charge in [0.15, 0.2) is 0 Å². The van der Waals surface area contributed by atoms with Crippen molar-refractivity contribution in [3.05, 3.63) is 38.8 Å². The Kier molecular flexibility index (Phi) is 4.36. The average Bonchev–Trinajstić information content (AvgIpc) is 2.90. The van der Waals surface area contributed by atoms with Gasteiger partial charge in [0, 0.05) is 28.7 Å². The minimum absolute atomic E-state index is 0.178. The van der Waals surface area contributed by atoms with Crippen molar-refractivity contribution in [3.8, 4) is 0 Å². The van der Waals surface area contributed by atoms with E-state index in [0.717, 1.165) is 23.1 Å². The van der Waals surface area contributed by atoms with Gasteiger partial charge < -0.3 is 5.32 Å². The predicted octanol–water partition coefficient (Wildman–Crippen LogP) is 3.33. The van der Waals surface area contributed by atoms with Crippen molar-refractivity contribution in [1.29, 1.82) is 0 Å². The van der Waals surface area contributed by atoms with E-state index in [-0.39, 0.29) is 6.04 Å². The highest BCUT2D eigenvalue weighted by molar-refractivity contribution is 9.10. The molecular weight excluding hydrogens is 298 g/mol. The topological polar surface area (TPSA) is 29.9 Å². The molecule has 0 amide bonds. The van der Waals surface area contributed by atoms with Crippen molar-refractivity contribution >= 4 is 27.3 Å². The highest BCUT2D eigenvalue weighted by atomic mass is 79.9. The fourth-order valence-corrected chi connectivity index (χ4v) is 3.30. The van der Waals surface area contributed by atoms with E-state index in [2.05, 4.69) is 50.1 Å². The van der Waals surface area contributed by atoms with E-state index in [1.54, 1.807) is 11.3 Å². The summed E-state index contributed by atoms with van der Waals surface area (Å²) in [5.74, 6) is 0. The largest absolute Gasteiger partial charge is 0.305 e. The Morgan fingerprint density at radius 3 is 2.88 bits per heavy atom. The van der Waals surface area contributed by atoms with Crippen LogP contribution in [0, 0.1) is 0 Å². The Labute approximate surface area is 114 Å². The average molecular weight is 314 g/mol. The van der Waals surface area contributed by atoms with Crippen molar-refractivity contribution in [2.24, 2.45) is 7.05 Å². The second-order valence-corrected chi connectivity index (χ2v) is 5.57. The highest BCUT2D eigenvalue weighted by Crippen LogP contribution is 2.30. The first-order chi connectivity index (χ1) is 8.22. The molecule has 2 heterocycles. The number of nitrogens with zero attached hydrogens (tertiary/aromatic N) is 2. The van der Waals surface area contributed by atoms with Crippen molar-refractivity contribution < 1.29 is 0 Å². The van der Waals surface area contributed by atoms with Crippen LogP contribution in [0.25, 0.3) is 0 Å². The van der Waals surface area contributed by atoms with Crippen LogP contribution in [-0.4, -0.2) is 16.3 Å². The number of halogens is 1. The van der Waals surface area contributed by atoms with E-state index in [9.17, 15) is 0 Å². The van der Waals surface area contributed by atoms with Crippen LogP contribution in [0.3, 0.4) is 0 Å². The first kappa shape index (κ1) is 12.8. The summed E-state index contributed by atoms with van der Waals surface area (Å²) < 4.78 is 3.00. The number of aromatic nitrogens is 2. The lowest BCUT2D eigenvalue weighted by Crippen LogP contribution is -2.23. The fraction of sp³-hybridized carbons (Fsp3) is 0.417. The van der Waals surface area contributed by atoms with Gasteiger partial charge in [-0.3, -0.25) is 4.68 Å². The summed E-state index contributed by atoms with van der Waals surface area (Å²) in [5.41, 5.74) is 2.34. The standard InChI is InChI=1S/C12H16BrN3S/c1-3-5-14-12(9-7-17-8-10(9)13)11-4-6-16(2)15-11/h4,6-8,12,14H,3,5H2,1-2H3. The van der Waals surface area contributed by atoms with Gasteiger partial charge in [-0.05, 0) is 40.3 Å². The van der Waals surface area contributed by atoms with Crippen molar-refractivity contribution in [2.75, 3.05) is 6.54 Å². The van der Waals surface area contributed by atoms with Gasteiger partial charge in [-0.2, -0.15) is 16.4 Å². The lowest BCUT2D eigenvalue weighted by atomic mass is 10.1. The number of aryl methyl sites for hydroxylation is 1. The summed E-state index contributed by atoms with van der Waals surface area (Å²) in [6, 6.07) is 2.24. The summed E-state index contributed by atoms with van der Waals surface area (Å²) >= 11 is 5.31. The van der Waals surface area contributed by atoms with E-state index in [1.165, 1.54) is 5.56 Å². The zero-order valence-electron chi connectivity index (χ0n) is 9.98. The molecule has 2 aromatic rings. The summed E-state index contributed by atoms with van der Waals surface area (Å²) in [6.45, 7) is 3.16. The van der Waals surface area contributed by atoms with Gasteiger partial charge in [-0.25, -0.2) is 0 Å². The minimum Gasteiger partial charge on any atom is -0.305 e. The second-order valence-electron chi connectivity index (χ2n) is 3.98. The molecule has 1 N–H and O–H groups in total. The maximum absolute atomic E-state index is 4.50.